The molecule has 3 unspecified atom stereocenters. The van der Waals surface area contributed by atoms with Crippen molar-refractivity contribution >= 4 is 12.6 Å². The minimum atomic E-state index is 0.607. The van der Waals surface area contributed by atoms with Crippen LogP contribution in [0.2, 0.25) is 0 Å². The van der Waals surface area contributed by atoms with Crippen molar-refractivity contribution in [2.75, 3.05) is 5.75 Å². The molecule has 28 heavy (non-hydrogen) atoms. The van der Waals surface area contributed by atoms with Crippen molar-refractivity contribution in [3.05, 3.63) is 24.3 Å². The van der Waals surface area contributed by atoms with Crippen molar-refractivity contribution in [2.45, 2.75) is 111 Å². The maximum Gasteiger partial charge on any atom is -0.00977 e. The summed E-state index contributed by atoms with van der Waals surface area (Å²) in [5.74, 6) is 5.08. The monoisotopic (exact) mass is 406 g/mol. The molecule has 1 heteroatoms. The fourth-order valence-corrected chi connectivity index (χ4v) is 5.29. The summed E-state index contributed by atoms with van der Waals surface area (Å²) in [6.07, 6.45) is 17.3. The average Bonchev–Trinajstić information content (AvgIpc) is 2.70. The summed E-state index contributed by atoms with van der Waals surface area (Å²) >= 11 is 4.47. The lowest BCUT2D eigenvalue weighted by atomic mass is 9.70. The Kier molecular flexibility index (Phi) is 13.6. The molecule has 1 fully saturated rings. The molecule has 164 valence electrons. The first kappa shape index (κ1) is 25.9. The van der Waals surface area contributed by atoms with E-state index in [0.29, 0.717) is 5.92 Å². The molecule has 1 saturated carbocycles. The first-order valence-electron chi connectivity index (χ1n) is 12.4. The van der Waals surface area contributed by atoms with E-state index in [1.807, 2.05) is 0 Å². The van der Waals surface area contributed by atoms with Crippen LogP contribution in [0.25, 0.3) is 0 Å². The number of hydrogen-bond acceptors (Lipinski definition) is 1. The zero-order valence-corrected chi connectivity index (χ0v) is 20.5. The molecule has 0 heterocycles. The zero-order valence-electron chi connectivity index (χ0n) is 19.6. The van der Waals surface area contributed by atoms with Gasteiger partial charge < -0.3 is 0 Å². The highest BCUT2D eigenvalue weighted by atomic mass is 32.1. The third-order valence-corrected chi connectivity index (χ3v) is 7.91. The van der Waals surface area contributed by atoms with Gasteiger partial charge in [-0.15, -0.1) is 0 Å². The maximum atomic E-state index is 4.53. The lowest BCUT2D eigenvalue weighted by molar-refractivity contribution is 0.164. The van der Waals surface area contributed by atoms with Crippen LogP contribution in [0, 0.1) is 29.6 Å². The van der Waals surface area contributed by atoms with E-state index in [9.17, 15) is 0 Å². The Hall–Kier alpha value is -0.170. The Morgan fingerprint density at radius 2 is 1.61 bits per heavy atom. The third-order valence-electron chi connectivity index (χ3n) is 7.60. The number of allylic oxidation sites excluding steroid dienone is 2. The SMILES string of the molecule is C=C(CCCCCCC)C(=C)C(CCCS)CC(C)C(C)C1CCC(C)CC1. The number of thiol groups is 1. The van der Waals surface area contributed by atoms with Gasteiger partial charge >= 0.3 is 0 Å². The third kappa shape index (κ3) is 9.55. The zero-order chi connectivity index (χ0) is 20.9. The van der Waals surface area contributed by atoms with Gasteiger partial charge in [-0.1, -0.05) is 85.0 Å². The van der Waals surface area contributed by atoms with Crippen molar-refractivity contribution < 1.29 is 0 Å². The summed E-state index contributed by atoms with van der Waals surface area (Å²) in [4.78, 5) is 0. The van der Waals surface area contributed by atoms with Gasteiger partial charge in [0.05, 0.1) is 0 Å². The van der Waals surface area contributed by atoms with Gasteiger partial charge in [0.25, 0.3) is 0 Å². The van der Waals surface area contributed by atoms with E-state index in [1.54, 1.807) is 0 Å². The molecule has 1 aliphatic rings. The fraction of sp³-hybridized carbons (Fsp3) is 0.852. The van der Waals surface area contributed by atoms with E-state index in [-0.39, 0.29) is 0 Å². The first-order valence-corrected chi connectivity index (χ1v) is 13.0. The second-order valence-corrected chi connectivity index (χ2v) is 10.4. The molecule has 0 aromatic rings. The molecule has 0 aromatic heterocycles. The van der Waals surface area contributed by atoms with Crippen molar-refractivity contribution in [1.82, 2.24) is 0 Å². The molecular weight excluding hydrogens is 356 g/mol. The fourth-order valence-electron chi connectivity index (χ4n) is 5.10. The first-order chi connectivity index (χ1) is 13.4. The Morgan fingerprint density at radius 3 is 2.21 bits per heavy atom. The average molecular weight is 407 g/mol. The largest absolute Gasteiger partial charge is 0.179 e. The number of unbranched alkanes of at least 4 members (excludes halogenated alkanes) is 4. The number of hydrogen-bond donors (Lipinski definition) is 1. The molecule has 1 rings (SSSR count). The topological polar surface area (TPSA) is 0 Å². The standard InChI is InChI=1S/C27H50S/c1-7-8-9-10-11-13-22(3)24(5)27(14-12-19-28)20-23(4)25(6)26-17-15-21(2)16-18-26/h21,23,25-28H,3,5,7-20H2,1-2,4,6H3. The van der Waals surface area contributed by atoms with Gasteiger partial charge in [0.15, 0.2) is 0 Å². The van der Waals surface area contributed by atoms with Crippen LogP contribution in [-0.4, -0.2) is 5.75 Å². The van der Waals surface area contributed by atoms with Crippen LogP contribution in [0.1, 0.15) is 111 Å². The molecule has 0 bridgehead atoms. The van der Waals surface area contributed by atoms with Crippen LogP contribution >= 0.6 is 12.6 Å². The smallest absolute Gasteiger partial charge is 0.00977 e. The minimum absolute atomic E-state index is 0.607. The van der Waals surface area contributed by atoms with Crippen molar-refractivity contribution in [3.8, 4) is 0 Å². The summed E-state index contributed by atoms with van der Waals surface area (Å²) in [6.45, 7) is 18.7. The summed E-state index contributed by atoms with van der Waals surface area (Å²) in [5.41, 5.74) is 2.68. The Balaban J connectivity index is 2.55. The highest BCUT2D eigenvalue weighted by molar-refractivity contribution is 7.80. The van der Waals surface area contributed by atoms with Crippen LogP contribution in [0.3, 0.4) is 0 Å². The van der Waals surface area contributed by atoms with Gasteiger partial charge in [-0.25, -0.2) is 0 Å². The van der Waals surface area contributed by atoms with E-state index in [4.69, 9.17) is 0 Å². The highest BCUT2D eigenvalue weighted by Crippen LogP contribution is 2.40. The molecule has 1 aliphatic carbocycles. The van der Waals surface area contributed by atoms with Crippen LogP contribution in [0.5, 0.6) is 0 Å². The molecule has 0 nitrogen and oxygen atoms in total. The highest BCUT2D eigenvalue weighted by Gasteiger charge is 2.28. The molecule has 0 aromatic carbocycles. The van der Waals surface area contributed by atoms with Crippen LogP contribution in [0.4, 0.5) is 0 Å². The van der Waals surface area contributed by atoms with Crippen molar-refractivity contribution in [3.63, 3.8) is 0 Å². The summed E-state index contributed by atoms with van der Waals surface area (Å²) < 4.78 is 0. The van der Waals surface area contributed by atoms with Crippen molar-refractivity contribution in [2.24, 2.45) is 29.6 Å². The van der Waals surface area contributed by atoms with Gasteiger partial charge in [0.1, 0.15) is 0 Å². The minimum Gasteiger partial charge on any atom is -0.179 e. The van der Waals surface area contributed by atoms with Crippen LogP contribution in [0.15, 0.2) is 24.3 Å². The predicted molar refractivity (Wildman–Crippen MR) is 132 cm³/mol. The van der Waals surface area contributed by atoms with E-state index >= 15 is 0 Å². The van der Waals surface area contributed by atoms with E-state index in [2.05, 4.69) is 53.5 Å². The Bertz CT molecular complexity index is 430. The van der Waals surface area contributed by atoms with Gasteiger partial charge in [-0.05, 0) is 85.9 Å². The summed E-state index contributed by atoms with van der Waals surface area (Å²) in [6, 6.07) is 0. The second kappa shape index (κ2) is 14.8. The molecule has 0 amide bonds. The molecular formula is C27H50S. The summed E-state index contributed by atoms with van der Waals surface area (Å²) in [7, 11) is 0. The predicted octanol–water partition coefficient (Wildman–Crippen LogP) is 9.27. The van der Waals surface area contributed by atoms with Gasteiger partial charge in [-0.3, -0.25) is 0 Å². The summed E-state index contributed by atoms with van der Waals surface area (Å²) in [5, 5.41) is 0. The van der Waals surface area contributed by atoms with Crippen LogP contribution in [-0.2, 0) is 0 Å². The maximum absolute atomic E-state index is 4.53. The van der Waals surface area contributed by atoms with Gasteiger partial charge in [-0.2, -0.15) is 12.6 Å². The molecule has 0 saturated heterocycles. The van der Waals surface area contributed by atoms with E-state index < -0.39 is 0 Å². The lowest BCUT2D eigenvalue weighted by Crippen LogP contribution is -2.25. The lowest BCUT2D eigenvalue weighted by Gasteiger charge is -2.36. The molecule has 0 aliphatic heterocycles. The van der Waals surface area contributed by atoms with Crippen LogP contribution < -0.4 is 0 Å². The number of rotatable bonds is 15. The molecule has 3 atom stereocenters. The molecule has 0 N–H and O–H groups in total. The van der Waals surface area contributed by atoms with E-state index in [1.165, 1.54) is 88.2 Å². The second-order valence-electron chi connectivity index (χ2n) is 9.95. The Morgan fingerprint density at radius 1 is 0.964 bits per heavy atom. The molecule has 0 radical (unpaired) electrons. The quantitative estimate of drug-likeness (QED) is 0.156. The Labute approximate surface area is 183 Å². The normalized spacial score (nSPS) is 23.2. The van der Waals surface area contributed by atoms with Gasteiger partial charge in [0, 0.05) is 0 Å². The van der Waals surface area contributed by atoms with Gasteiger partial charge in [0.2, 0.25) is 0 Å². The van der Waals surface area contributed by atoms with Crippen molar-refractivity contribution in [1.29, 1.82) is 0 Å². The van der Waals surface area contributed by atoms with E-state index in [0.717, 1.165) is 35.8 Å². The molecule has 0 spiro atoms.